The van der Waals surface area contributed by atoms with Gasteiger partial charge in [0.05, 0.1) is 12.8 Å². The second-order valence-electron chi connectivity index (χ2n) is 5.64. The van der Waals surface area contributed by atoms with E-state index in [4.69, 9.17) is 4.74 Å². The maximum Gasteiger partial charge on any atom is 0.142 e. The zero-order valence-corrected chi connectivity index (χ0v) is 12.3. The normalized spacial score (nSPS) is 19.5. The fraction of sp³-hybridized carbons (Fsp3) is 0.625. The summed E-state index contributed by atoms with van der Waals surface area (Å²) in [5.74, 6) is 1.48. The van der Waals surface area contributed by atoms with Crippen LogP contribution in [0.4, 0.5) is 5.69 Å². The van der Waals surface area contributed by atoms with Gasteiger partial charge < -0.3 is 15.4 Å². The first kappa shape index (κ1) is 14.2. The lowest BCUT2D eigenvalue weighted by molar-refractivity contribution is 0.407. The molecule has 0 radical (unpaired) electrons. The average Bonchev–Trinajstić information content (AvgIpc) is 2.45. The van der Waals surface area contributed by atoms with Crippen molar-refractivity contribution in [1.82, 2.24) is 5.32 Å². The summed E-state index contributed by atoms with van der Waals surface area (Å²) < 4.78 is 5.49. The van der Waals surface area contributed by atoms with Gasteiger partial charge in [0.2, 0.25) is 0 Å². The van der Waals surface area contributed by atoms with Gasteiger partial charge in [0.25, 0.3) is 0 Å². The van der Waals surface area contributed by atoms with Crippen molar-refractivity contribution in [2.24, 2.45) is 0 Å². The molecule has 1 aliphatic rings. The SMILES string of the molecule is COc1cc(C(C)C)ccc1NCC1CCCCN1. The molecule has 0 aromatic heterocycles. The Morgan fingerprint density at radius 2 is 2.21 bits per heavy atom. The summed E-state index contributed by atoms with van der Waals surface area (Å²) in [6.07, 6.45) is 3.91. The summed E-state index contributed by atoms with van der Waals surface area (Å²) in [5, 5.41) is 7.07. The van der Waals surface area contributed by atoms with E-state index in [2.05, 4.69) is 42.7 Å². The monoisotopic (exact) mass is 262 g/mol. The molecular formula is C16H26N2O. The Labute approximate surface area is 116 Å². The molecule has 0 aliphatic carbocycles. The summed E-state index contributed by atoms with van der Waals surface area (Å²) in [6.45, 7) is 6.52. The fourth-order valence-corrected chi connectivity index (χ4v) is 2.54. The minimum atomic E-state index is 0.531. The first-order valence-electron chi connectivity index (χ1n) is 7.36. The highest BCUT2D eigenvalue weighted by molar-refractivity contribution is 5.58. The quantitative estimate of drug-likeness (QED) is 0.853. The van der Waals surface area contributed by atoms with Gasteiger partial charge in [-0.15, -0.1) is 0 Å². The predicted octanol–water partition coefficient (Wildman–Crippen LogP) is 3.37. The van der Waals surface area contributed by atoms with E-state index in [-0.39, 0.29) is 0 Å². The van der Waals surface area contributed by atoms with Gasteiger partial charge in [0, 0.05) is 12.6 Å². The topological polar surface area (TPSA) is 33.3 Å². The molecule has 1 atom stereocenters. The molecule has 3 nitrogen and oxygen atoms in total. The third kappa shape index (κ3) is 3.87. The third-order valence-electron chi connectivity index (χ3n) is 3.84. The van der Waals surface area contributed by atoms with Crippen molar-refractivity contribution >= 4 is 5.69 Å². The van der Waals surface area contributed by atoms with Crippen molar-refractivity contribution in [3.05, 3.63) is 23.8 Å². The number of piperidine rings is 1. The van der Waals surface area contributed by atoms with E-state index in [1.807, 2.05) is 0 Å². The lowest BCUT2D eigenvalue weighted by atomic mass is 10.0. The van der Waals surface area contributed by atoms with E-state index in [1.54, 1.807) is 7.11 Å². The number of hydrogen-bond acceptors (Lipinski definition) is 3. The molecule has 0 amide bonds. The van der Waals surface area contributed by atoms with Crippen LogP contribution in [-0.4, -0.2) is 26.2 Å². The van der Waals surface area contributed by atoms with Gasteiger partial charge in [-0.25, -0.2) is 0 Å². The van der Waals surface area contributed by atoms with Crippen LogP contribution in [0.1, 0.15) is 44.6 Å². The smallest absolute Gasteiger partial charge is 0.142 e. The Hall–Kier alpha value is -1.22. The van der Waals surface area contributed by atoms with Gasteiger partial charge in [-0.05, 0) is 43.0 Å². The van der Waals surface area contributed by atoms with Crippen molar-refractivity contribution in [3.63, 3.8) is 0 Å². The molecule has 0 saturated carbocycles. The largest absolute Gasteiger partial charge is 0.495 e. The van der Waals surface area contributed by atoms with Crippen LogP contribution in [-0.2, 0) is 0 Å². The number of benzene rings is 1. The zero-order valence-electron chi connectivity index (χ0n) is 12.3. The number of methoxy groups -OCH3 is 1. The van der Waals surface area contributed by atoms with Crippen molar-refractivity contribution in [2.45, 2.75) is 45.1 Å². The van der Waals surface area contributed by atoms with E-state index in [1.165, 1.54) is 24.8 Å². The summed E-state index contributed by atoms with van der Waals surface area (Å²) in [6, 6.07) is 7.05. The summed E-state index contributed by atoms with van der Waals surface area (Å²) in [5.41, 5.74) is 2.41. The van der Waals surface area contributed by atoms with Crippen LogP contribution in [0.5, 0.6) is 5.75 Å². The summed E-state index contributed by atoms with van der Waals surface area (Å²) in [4.78, 5) is 0. The molecule has 1 heterocycles. The van der Waals surface area contributed by atoms with Gasteiger partial charge >= 0.3 is 0 Å². The number of hydrogen-bond donors (Lipinski definition) is 2. The Balaban J connectivity index is 1.98. The number of anilines is 1. The van der Waals surface area contributed by atoms with E-state index in [0.717, 1.165) is 24.5 Å². The van der Waals surface area contributed by atoms with Crippen LogP contribution >= 0.6 is 0 Å². The first-order valence-corrected chi connectivity index (χ1v) is 7.36. The Morgan fingerprint density at radius 3 is 2.84 bits per heavy atom. The first-order chi connectivity index (χ1) is 9.20. The molecule has 1 aliphatic heterocycles. The highest BCUT2D eigenvalue weighted by Gasteiger charge is 2.13. The van der Waals surface area contributed by atoms with E-state index in [9.17, 15) is 0 Å². The van der Waals surface area contributed by atoms with Crippen LogP contribution < -0.4 is 15.4 Å². The van der Waals surface area contributed by atoms with Gasteiger partial charge in [0.1, 0.15) is 5.75 Å². The molecule has 2 rings (SSSR count). The fourth-order valence-electron chi connectivity index (χ4n) is 2.54. The van der Waals surface area contributed by atoms with Crippen molar-refractivity contribution in [3.8, 4) is 5.75 Å². The molecule has 19 heavy (non-hydrogen) atoms. The number of rotatable bonds is 5. The Morgan fingerprint density at radius 1 is 1.37 bits per heavy atom. The van der Waals surface area contributed by atoms with Crippen LogP contribution in [0.25, 0.3) is 0 Å². The molecule has 1 aromatic rings. The third-order valence-corrected chi connectivity index (χ3v) is 3.84. The second-order valence-corrected chi connectivity index (χ2v) is 5.64. The van der Waals surface area contributed by atoms with E-state index >= 15 is 0 Å². The Kier molecular flexibility index (Phi) is 5.08. The van der Waals surface area contributed by atoms with Gasteiger partial charge in [0.15, 0.2) is 0 Å². The summed E-state index contributed by atoms with van der Waals surface area (Å²) in [7, 11) is 1.74. The minimum Gasteiger partial charge on any atom is -0.495 e. The van der Waals surface area contributed by atoms with Crippen LogP contribution in [0.3, 0.4) is 0 Å². The second kappa shape index (κ2) is 6.80. The molecule has 1 fully saturated rings. The van der Waals surface area contributed by atoms with Crippen molar-refractivity contribution in [2.75, 3.05) is 25.5 Å². The highest BCUT2D eigenvalue weighted by Crippen LogP contribution is 2.28. The molecule has 0 spiro atoms. The van der Waals surface area contributed by atoms with Gasteiger partial charge in [-0.1, -0.05) is 26.3 Å². The molecule has 1 saturated heterocycles. The van der Waals surface area contributed by atoms with E-state index in [0.29, 0.717) is 12.0 Å². The number of ether oxygens (including phenoxy) is 1. The molecule has 2 N–H and O–H groups in total. The maximum absolute atomic E-state index is 5.49. The molecular weight excluding hydrogens is 236 g/mol. The molecule has 106 valence electrons. The molecule has 1 unspecified atom stereocenters. The lowest BCUT2D eigenvalue weighted by Gasteiger charge is -2.24. The molecule has 3 heteroatoms. The van der Waals surface area contributed by atoms with Gasteiger partial charge in [-0.2, -0.15) is 0 Å². The summed E-state index contributed by atoms with van der Waals surface area (Å²) >= 11 is 0. The van der Waals surface area contributed by atoms with Gasteiger partial charge in [-0.3, -0.25) is 0 Å². The lowest BCUT2D eigenvalue weighted by Crippen LogP contribution is -2.39. The average molecular weight is 262 g/mol. The predicted molar refractivity (Wildman–Crippen MR) is 81.2 cm³/mol. The van der Waals surface area contributed by atoms with Crippen LogP contribution in [0, 0.1) is 0 Å². The van der Waals surface area contributed by atoms with Crippen molar-refractivity contribution in [1.29, 1.82) is 0 Å². The molecule has 0 bridgehead atoms. The van der Waals surface area contributed by atoms with Crippen molar-refractivity contribution < 1.29 is 4.74 Å². The Bertz CT molecular complexity index is 398. The zero-order chi connectivity index (χ0) is 13.7. The number of nitrogens with one attached hydrogen (secondary N) is 2. The van der Waals surface area contributed by atoms with Crippen LogP contribution in [0.2, 0.25) is 0 Å². The van der Waals surface area contributed by atoms with Crippen LogP contribution in [0.15, 0.2) is 18.2 Å². The maximum atomic E-state index is 5.49. The standard InChI is InChI=1S/C16H26N2O/c1-12(2)13-7-8-15(16(10-13)19-3)18-11-14-6-4-5-9-17-14/h7-8,10,12,14,17-18H,4-6,9,11H2,1-3H3. The highest BCUT2D eigenvalue weighted by atomic mass is 16.5. The molecule has 1 aromatic carbocycles. The minimum absolute atomic E-state index is 0.531. The van der Waals surface area contributed by atoms with E-state index < -0.39 is 0 Å².